The van der Waals surface area contributed by atoms with Gasteiger partial charge in [-0.15, -0.1) is 0 Å². The number of aliphatic carboxylic acids is 2. The van der Waals surface area contributed by atoms with E-state index in [1.807, 2.05) is 18.2 Å². The topological polar surface area (TPSA) is 244 Å². The fraction of sp³-hybridized carbons (Fsp3) is 0.588. The molecule has 4 heterocycles. The first-order chi connectivity index (χ1) is 26.6. The normalized spacial score (nSPS) is 18.8. The molecular formula is C34H46F3N7O12S. The van der Waals surface area contributed by atoms with Crippen molar-refractivity contribution in [2.75, 3.05) is 19.4 Å². The molecule has 5 rings (SSSR count). The number of carboxylic acid groups (broad SMARTS) is 2. The Morgan fingerprint density at radius 1 is 0.825 bits per heavy atom. The van der Waals surface area contributed by atoms with Gasteiger partial charge < -0.3 is 14.9 Å². The maximum absolute atomic E-state index is 14.9. The number of nitrogens with zero attached hydrogens (tertiary/aromatic N) is 7. The number of piperidine rings is 1. The molecule has 2 aromatic heterocycles. The molecule has 57 heavy (non-hydrogen) atoms. The maximum Gasteiger partial charge on any atom is 0.414 e. The fourth-order valence-corrected chi connectivity index (χ4v) is 6.68. The Hall–Kier alpha value is -5.00. The summed E-state index contributed by atoms with van der Waals surface area (Å²) in [6, 6.07) is 7.79. The van der Waals surface area contributed by atoms with Crippen molar-refractivity contribution < 1.29 is 50.3 Å². The Labute approximate surface area is 324 Å². The molecule has 0 saturated carbocycles. The second kappa shape index (κ2) is 20.4. The third kappa shape index (κ3) is 13.3. The molecule has 316 valence electrons. The van der Waals surface area contributed by atoms with Gasteiger partial charge in [-0.1, -0.05) is 24.3 Å². The lowest BCUT2D eigenvalue weighted by Crippen LogP contribution is -2.50. The fourth-order valence-electron chi connectivity index (χ4n) is 6.29. The highest BCUT2D eigenvalue weighted by Gasteiger charge is 2.42. The highest BCUT2D eigenvalue weighted by Crippen LogP contribution is 2.37. The SMILES string of the molecule is Cc1nc(=O)n(C[C@H](F)CN2C3CCC2CC(OCc2ccccc2CF)C3)c(=O)n1C.Cc1nc(=O)n(C[C@H](F)COS(C)(=O)=O)c(=O)n1C.O=C(O)C(=O)O. The number of carbonyl (C=O) groups is 2. The van der Waals surface area contributed by atoms with E-state index >= 15 is 0 Å². The van der Waals surface area contributed by atoms with Gasteiger partial charge in [0.05, 0.1) is 38.7 Å². The van der Waals surface area contributed by atoms with Crippen molar-refractivity contribution in [3.63, 3.8) is 0 Å². The zero-order chi connectivity index (χ0) is 42.8. The second-order valence-electron chi connectivity index (χ2n) is 13.5. The lowest BCUT2D eigenvalue weighted by atomic mass is 9.99. The summed E-state index contributed by atoms with van der Waals surface area (Å²) in [5.41, 5.74) is -1.35. The Morgan fingerprint density at radius 3 is 1.72 bits per heavy atom. The molecule has 3 aromatic rings. The van der Waals surface area contributed by atoms with Crippen LogP contribution in [-0.2, 0) is 69.1 Å². The number of halogens is 3. The number of hydrogen-bond acceptors (Lipinski definition) is 13. The average molecular weight is 834 g/mol. The molecule has 2 bridgehead atoms. The summed E-state index contributed by atoms with van der Waals surface area (Å²) < 4.78 is 77.1. The number of aromatic nitrogens is 6. The van der Waals surface area contributed by atoms with Gasteiger partial charge in [0.2, 0.25) is 0 Å². The van der Waals surface area contributed by atoms with E-state index in [-0.39, 0.29) is 37.1 Å². The summed E-state index contributed by atoms with van der Waals surface area (Å²) >= 11 is 0. The summed E-state index contributed by atoms with van der Waals surface area (Å²) in [4.78, 5) is 75.3. The first-order valence-corrected chi connectivity index (χ1v) is 19.3. The van der Waals surface area contributed by atoms with Gasteiger partial charge >= 0.3 is 34.7 Å². The molecule has 2 N–H and O–H groups in total. The van der Waals surface area contributed by atoms with Crippen LogP contribution in [0.15, 0.2) is 43.4 Å². The molecule has 2 unspecified atom stereocenters. The average Bonchev–Trinajstić information content (AvgIpc) is 3.36. The lowest BCUT2D eigenvalue weighted by Gasteiger charge is -2.39. The molecule has 4 atom stereocenters. The molecule has 0 aliphatic carbocycles. The van der Waals surface area contributed by atoms with Crippen LogP contribution in [0, 0.1) is 13.8 Å². The maximum atomic E-state index is 14.9. The molecule has 0 spiro atoms. The Kier molecular flexibility index (Phi) is 16.6. The van der Waals surface area contributed by atoms with Crippen LogP contribution in [0.4, 0.5) is 13.2 Å². The molecule has 19 nitrogen and oxygen atoms in total. The number of benzene rings is 1. The molecule has 0 radical (unpaired) electrons. The quantitative estimate of drug-likeness (QED) is 0.170. The van der Waals surface area contributed by atoms with Crippen molar-refractivity contribution in [3.8, 4) is 0 Å². The molecular weight excluding hydrogens is 787 g/mol. The molecule has 0 amide bonds. The van der Waals surface area contributed by atoms with E-state index in [2.05, 4.69) is 19.1 Å². The van der Waals surface area contributed by atoms with E-state index in [0.29, 0.717) is 22.6 Å². The third-order valence-corrected chi connectivity index (χ3v) is 9.94. The van der Waals surface area contributed by atoms with Crippen LogP contribution in [0.25, 0.3) is 0 Å². The Balaban J connectivity index is 0.000000295. The van der Waals surface area contributed by atoms with E-state index in [0.717, 1.165) is 46.6 Å². The Morgan fingerprint density at radius 2 is 1.28 bits per heavy atom. The van der Waals surface area contributed by atoms with Crippen molar-refractivity contribution in [3.05, 3.63) is 89.0 Å². The van der Waals surface area contributed by atoms with Gasteiger partial charge in [0.25, 0.3) is 10.1 Å². The van der Waals surface area contributed by atoms with Crippen LogP contribution < -0.4 is 22.8 Å². The van der Waals surface area contributed by atoms with Crippen LogP contribution in [-0.4, -0.2) is 114 Å². The standard InChI is InChI=1S/C23H30F2N4O3.C9H14FN3O5S.C2H2O4/c1-15-26-22(30)29(23(31)27(15)2)13-18(25)12-28-19-7-8-20(28)10-21(9-19)32-14-17-6-4-3-5-16(17)11-24;1-6-11-8(14)13(9(15)12(6)2)4-7(10)5-18-19(3,16)17;3-1(4)2(5)6/h3-6,18-21H,7-14H2,1-2H3;7H,4-5H2,1-3H3;(H,3,4)(H,5,6)/t18-,19?,20?,21?;7-;/m10./s1. The van der Waals surface area contributed by atoms with Gasteiger partial charge in [0.1, 0.15) is 30.7 Å². The number of carboxylic acids is 2. The van der Waals surface area contributed by atoms with Crippen LogP contribution in [0.5, 0.6) is 0 Å². The smallest absolute Gasteiger partial charge is 0.414 e. The van der Waals surface area contributed by atoms with E-state index in [1.165, 1.54) is 25.6 Å². The summed E-state index contributed by atoms with van der Waals surface area (Å²) in [5.74, 6) is -3.14. The number of aryl methyl sites for hydroxylation is 2. The molecule has 2 saturated heterocycles. The van der Waals surface area contributed by atoms with Gasteiger partial charge in [0, 0.05) is 32.7 Å². The number of alkyl halides is 3. The van der Waals surface area contributed by atoms with E-state index < -0.39 is 77.0 Å². The minimum absolute atomic E-state index is 0.0608. The van der Waals surface area contributed by atoms with Gasteiger partial charge in [0.15, 0.2) is 0 Å². The Bertz CT molecular complexity index is 2220. The molecule has 23 heteroatoms. The number of hydrogen-bond donors (Lipinski definition) is 2. The third-order valence-electron chi connectivity index (χ3n) is 9.38. The number of ether oxygens (including phenoxy) is 1. The predicted molar refractivity (Wildman–Crippen MR) is 195 cm³/mol. The van der Waals surface area contributed by atoms with Crippen LogP contribution >= 0.6 is 0 Å². The molecule has 2 aliphatic rings. The second-order valence-corrected chi connectivity index (χ2v) is 15.1. The predicted octanol–water partition coefficient (Wildman–Crippen LogP) is -0.00946. The van der Waals surface area contributed by atoms with Crippen molar-refractivity contribution >= 4 is 22.1 Å². The summed E-state index contributed by atoms with van der Waals surface area (Å²) in [6.45, 7) is 1.40. The van der Waals surface area contributed by atoms with Crippen molar-refractivity contribution in [2.45, 2.75) is 96.4 Å². The zero-order valence-corrected chi connectivity index (χ0v) is 32.7. The van der Waals surface area contributed by atoms with Crippen molar-refractivity contribution in [1.29, 1.82) is 0 Å². The summed E-state index contributed by atoms with van der Waals surface area (Å²) in [5, 5.41) is 14.8. The van der Waals surface area contributed by atoms with Gasteiger partial charge in [-0.2, -0.15) is 18.4 Å². The monoisotopic (exact) mass is 833 g/mol. The van der Waals surface area contributed by atoms with E-state index in [9.17, 15) is 40.8 Å². The van der Waals surface area contributed by atoms with Crippen molar-refractivity contribution in [2.24, 2.45) is 14.1 Å². The first kappa shape index (κ1) is 46.4. The molecule has 2 fully saturated rings. The van der Waals surface area contributed by atoms with Gasteiger partial charge in [-0.3, -0.25) is 18.2 Å². The van der Waals surface area contributed by atoms with Crippen molar-refractivity contribution in [1.82, 2.24) is 33.1 Å². The number of rotatable bonds is 13. The van der Waals surface area contributed by atoms with Crippen LogP contribution in [0.1, 0.15) is 48.5 Å². The highest BCUT2D eigenvalue weighted by atomic mass is 32.2. The minimum Gasteiger partial charge on any atom is -0.473 e. The zero-order valence-electron chi connectivity index (χ0n) is 31.9. The largest absolute Gasteiger partial charge is 0.473 e. The molecule has 2 aliphatic heterocycles. The van der Waals surface area contributed by atoms with Gasteiger partial charge in [-0.25, -0.2) is 51.1 Å². The van der Waals surface area contributed by atoms with E-state index in [4.69, 9.17) is 24.5 Å². The minimum atomic E-state index is -3.77. The van der Waals surface area contributed by atoms with Crippen LogP contribution in [0.3, 0.4) is 0 Å². The summed E-state index contributed by atoms with van der Waals surface area (Å²) in [7, 11) is -0.865. The summed E-state index contributed by atoms with van der Waals surface area (Å²) in [6.07, 6.45) is 1.23. The lowest BCUT2D eigenvalue weighted by molar-refractivity contribution is -0.159. The van der Waals surface area contributed by atoms with Crippen LogP contribution in [0.2, 0.25) is 0 Å². The highest BCUT2D eigenvalue weighted by molar-refractivity contribution is 7.85. The van der Waals surface area contributed by atoms with Gasteiger partial charge in [-0.05, 0) is 50.7 Å². The van der Waals surface area contributed by atoms with E-state index in [1.54, 1.807) is 13.0 Å². The molecule has 1 aromatic carbocycles. The first-order valence-electron chi connectivity index (χ1n) is 17.5. The number of fused-ring (bicyclic) bond motifs is 2.